The van der Waals surface area contributed by atoms with Crippen LogP contribution in [0.1, 0.15) is 19.0 Å². The van der Waals surface area contributed by atoms with Gasteiger partial charge in [-0.1, -0.05) is 6.92 Å². The van der Waals surface area contributed by atoms with Gasteiger partial charge in [0.05, 0.1) is 5.69 Å². The molecule has 1 unspecified atom stereocenters. The molecule has 1 aromatic heterocycles. The van der Waals surface area contributed by atoms with Crippen LogP contribution in [0.15, 0.2) is 16.6 Å². The monoisotopic (exact) mass is 283 g/mol. The van der Waals surface area contributed by atoms with Gasteiger partial charge in [0, 0.05) is 17.6 Å². The molecule has 1 saturated heterocycles. The standard InChI is InChI=1S/C12H18BrN3/c1-9-10(13)3-4-11(15-9)16-6-5-12(2,7-14)8-16/h3-4H,5-8,14H2,1-2H3. The molecule has 0 radical (unpaired) electrons. The maximum atomic E-state index is 5.81. The summed E-state index contributed by atoms with van der Waals surface area (Å²) in [5, 5.41) is 0. The highest BCUT2D eigenvalue weighted by molar-refractivity contribution is 9.10. The summed E-state index contributed by atoms with van der Waals surface area (Å²) in [5.41, 5.74) is 7.10. The van der Waals surface area contributed by atoms with Crippen LogP contribution >= 0.6 is 15.9 Å². The first-order valence-electron chi connectivity index (χ1n) is 5.62. The molecule has 88 valence electrons. The largest absolute Gasteiger partial charge is 0.356 e. The van der Waals surface area contributed by atoms with E-state index in [1.54, 1.807) is 0 Å². The van der Waals surface area contributed by atoms with Gasteiger partial charge < -0.3 is 10.6 Å². The number of aryl methyl sites for hydroxylation is 1. The lowest BCUT2D eigenvalue weighted by atomic mass is 9.90. The number of pyridine rings is 1. The van der Waals surface area contributed by atoms with E-state index >= 15 is 0 Å². The highest BCUT2D eigenvalue weighted by Crippen LogP contribution is 2.32. The van der Waals surface area contributed by atoms with Gasteiger partial charge in [0.2, 0.25) is 0 Å². The van der Waals surface area contributed by atoms with Crippen LogP contribution in [-0.2, 0) is 0 Å². The second-order valence-electron chi connectivity index (χ2n) is 4.92. The molecule has 1 aliphatic heterocycles. The molecule has 0 saturated carbocycles. The van der Waals surface area contributed by atoms with Crippen molar-refractivity contribution in [2.45, 2.75) is 20.3 Å². The number of anilines is 1. The zero-order valence-electron chi connectivity index (χ0n) is 9.83. The van der Waals surface area contributed by atoms with E-state index in [2.05, 4.69) is 44.9 Å². The minimum Gasteiger partial charge on any atom is -0.356 e. The maximum absolute atomic E-state index is 5.81. The van der Waals surface area contributed by atoms with E-state index in [1.807, 2.05) is 6.92 Å². The first-order valence-corrected chi connectivity index (χ1v) is 6.41. The lowest BCUT2D eigenvalue weighted by molar-refractivity contribution is 0.383. The lowest BCUT2D eigenvalue weighted by Crippen LogP contribution is -2.31. The van der Waals surface area contributed by atoms with Crippen LogP contribution in [0.3, 0.4) is 0 Å². The van der Waals surface area contributed by atoms with E-state index in [9.17, 15) is 0 Å². The second-order valence-corrected chi connectivity index (χ2v) is 5.78. The van der Waals surface area contributed by atoms with Gasteiger partial charge in [0.1, 0.15) is 5.82 Å². The van der Waals surface area contributed by atoms with E-state index in [0.29, 0.717) is 0 Å². The van der Waals surface area contributed by atoms with Crippen LogP contribution in [-0.4, -0.2) is 24.6 Å². The molecule has 3 nitrogen and oxygen atoms in total. The van der Waals surface area contributed by atoms with Gasteiger partial charge in [0.25, 0.3) is 0 Å². The van der Waals surface area contributed by atoms with Crippen LogP contribution in [0.25, 0.3) is 0 Å². The first-order chi connectivity index (χ1) is 7.54. The van der Waals surface area contributed by atoms with Gasteiger partial charge >= 0.3 is 0 Å². The Hall–Kier alpha value is -0.610. The van der Waals surface area contributed by atoms with E-state index in [-0.39, 0.29) is 5.41 Å². The van der Waals surface area contributed by atoms with Crippen molar-refractivity contribution in [3.63, 3.8) is 0 Å². The number of hydrogen-bond donors (Lipinski definition) is 1. The second kappa shape index (κ2) is 4.34. The van der Waals surface area contributed by atoms with E-state index in [0.717, 1.165) is 42.0 Å². The third-order valence-corrected chi connectivity index (χ3v) is 4.22. The first kappa shape index (κ1) is 11.9. The molecular formula is C12H18BrN3. The Morgan fingerprint density at radius 1 is 1.56 bits per heavy atom. The fraction of sp³-hybridized carbons (Fsp3) is 0.583. The molecule has 1 aliphatic rings. The molecule has 1 atom stereocenters. The van der Waals surface area contributed by atoms with Crippen molar-refractivity contribution in [3.8, 4) is 0 Å². The van der Waals surface area contributed by atoms with Crippen LogP contribution in [0, 0.1) is 12.3 Å². The van der Waals surface area contributed by atoms with Crippen LogP contribution in [0.2, 0.25) is 0 Å². The number of nitrogens with zero attached hydrogens (tertiary/aromatic N) is 2. The van der Waals surface area contributed by atoms with E-state index < -0.39 is 0 Å². The normalized spacial score (nSPS) is 25.1. The van der Waals surface area contributed by atoms with Gasteiger partial charge in [-0.15, -0.1) is 0 Å². The highest BCUT2D eigenvalue weighted by Gasteiger charge is 2.33. The summed E-state index contributed by atoms with van der Waals surface area (Å²) in [7, 11) is 0. The van der Waals surface area contributed by atoms with Crippen molar-refractivity contribution in [2.75, 3.05) is 24.5 Å². The number of nitrogens with two attached hydrogens (primary N) is 1. The lowest BCUT2D eigenvalue weighted by Gasteiger charge is -2.23. The van der Waals surface area contributed by atoms with Gasteiger partial charge in [-0.2, -0.15) is 0 Å². The Morgan fingerprint density at radius 3 is 2.88 bits per heavy atom. The fourth-order valence-corrected chi connectivity index (χ4v) is 2.31. The molecule has 4 heteroatoms. The molecule has 1 fully saturated rings. The quantitative estimate of drug-likeness (QED) is 0.906. The Labute approximate surface area is 105 Å². The summed E-state index contributed by atoms with van der Waals surface area (Å²) >= 11 is 3.47. The summed E-state index contributed by atoms with van der Waals surface area (Å²) in [6.07, 6.45) is 1.15. The molecule has 2 N–H and O–H groups in total. The van der Waals surface area contributed by atoms with Crippen LogP contribution in [0.4, 0.5) is 5.82 Å². The van der Waals surface area contributed by atoms with E-state index in [1.165, 1.54) is 0 Å². The van der Waals surface area contributed by atoms with Crippen molar-refractivity contribution < 1.29 is 0 Å². The van der Waals surface area contributed by atoms with E-state index in [4.69, 9.17) is 5.73 Å². The number of aromatic nitrogens is 1. The molecule has 0 bridgehead atoms. The molecule has 0 amide bonds. The van der Waals surface area contributed by atoms with Crippen LogP contribution in [0.5, 0.6) is 0 Å². The Morgan fingerprint density at radius 2 is 2.31 bits per heavy atom. The fourth-order valence-electron chi connectivity index (χ4n) is 2.09. The topological polar surface area (TPSA) is 42.2 Å². The van der Waals surface area contributed by atoms with Gasteiger partial charge in [0.15, 0.2) is 0 Å². The van der Waals surface area contributed by atoms with Crippen molar-refractivity contribution >= 4 is 21.7 Å². The third kappa shape index (κ3) is 2.23. The van der Waals surface area contributed by atoms with Crippen molar-refractivity contribution in [1.29, 1.82) is 0 Å². The zero-order valence-corrected chi connectivity index (χ0v) is 11.4. The summed E-state index contributed by atoms with van der Waals surface area (Å²) in [6, 6.07) is 4.13. The summed E-state index contributed by atoms with van der Waals surface area (Å²) < 4.78 is 1.07. The van der Waals surface area contributed by atoms with Crippen LogP contribution < -0.4 is 10.6 Å². The van der Waals surface area contributed by atoms with Crippen molar-refractivity contribution in [1.82, 2.24) is 4.98 Å². The zero-order chi connectivity index (χ0) is 11.8. The Kier molecular flexibility index (Phi) is 3.22. The van der Waals surface area contributed by atoms with Crippen molar-refractivity contribution in [2.24, 2.45) is 11.1 Å². The maximum Gasteiger partial charge on any atom is 0.128 e. The van der Waals surface area contributed by atoms with Crippen molar-refractivity contribution in [3.05, 3.63) is 22.3 Å². The highest BCUT2D eigenvalue weighted by atomic mass is 79.9. The Bertz CT molecular complexity index is 394. The average Bonchev–Trinajstić information content (AvgIpc) is 2.66. The predicted molar refractivity (Wildman–Crippen MR) is 70.7 cm³/mol. The summed E-state index contributed by atoms with van der Waals surface area (Å²) in [5.74, 6) is 1.07. The molecule has 2 rings (SSSR count). The number of hydrogen-bond acceptors (Lipinski definition) is 3. The third-order valence-electron chi connectivity index (χ3n) is 3.38. The molecule has 16 heavy (non-hydrogen) atoms. The molecule has 0 spiro atoms. The Balaban J connectivity index is 2.17. The molecule has 1 aromatic rings. The number of rotatable bonds is 2. The molecule has 0 aliphatic carbocycles. The minimum atomic E-state index is 0.253. The average molecular weight is 284 g/mol. The predicted octanol–water partition coefficient (Wildman–Crippen LogP) is 2.33. The minimum absolute atomic E-state index is 0.253. The van der Waals surface area contributed by atoms with Gasteiger partial charge in [-0.3, -0.25) is 0 Å². The molecular weight excluding hydrogens is 266 g/mol. The SMILES string of the molecule is Cc1nc(N2CCC(C)(CN)C2)ccc1Br. The molecule has 0 aromatic carbocycles. The smallest absolute Gasteiger partial charge is 0.128 e. The summed E-state index contributed by atoms with van der Waals surface area (Å²) in [6.45, 7) is 7.09. The molecule has 2 heterocycles. The summed E-state index contributed by atoms with van der Waals surface area (Å²) in [4.78, 5) is 6.92. The number of halogens is 1. The van der Waals surface area contributed by atoms with Gasteiger partial charge in [-0.05, 0) is 53.4 Å². The van der Waals surface area contributed by atoms with Gasteiger partial charge in [-0.25, -0.2) is 4.98 Å².